The molecule has 0 bridgehead atoms. The van der Waals surface area contributed by atoms with Crippen molar-refractivity contribution in [1.29, 1.82) is 0 Å². The number of cyclic esters (lactones) is 1. The molecule has 1 atom stereocenters. The lowest BCUT2D eigenvalue weighted by Crippen LogP contribution is -2.07. The lowest BCUT2D eigenvalue weighted by atomic mass is 9.88. The van der Waals surface area contributed by atoms with Gasteiger partial charge < -0.3 is 14.9 Å². The third-order valence-electron chi connectivity index (χ3n) is 5.53. The molecule has 0 aromatic heterocycles. The van der Waals surface area contributed by atoms with Crippen LogP contribution >= 0.6 is 0 Å². The van der Waals surface area contributed by atoms with Gasteiger partial charge >= 0.3 is 11.9 Å². The number of rotatable bonds is 5. The molecule has 3 rings (SSSR count). The van der Waals surface area contributed by atoms with E-state index in [4.69, 9.17) is 9.84 Å². The summed E-state index contributed by atoms with van der Waals surface area (Å²) in [4.78, 5) is 23.0. The molecule has 1 aromatic rings. The van der Waals surface area contributed by atoms with Crippen molar-refractivity contribution in [2.75, 3.05) is 0 Å². The van der Waals surface area contributed by atoms with Gasteiger partial charge in [-0.1, -0.05) is 18.6 Å². The molecule has 0 radical (unpaired) electrons. The molecule has 1 aromatic carbocycles. The number of allylic oxidation sites excluding steroid dienone is 2. The van der Waals surface area contributed by atoms with Crippen LogP contribution in [0.1, 0.15) is 65.2 Å². The van der Waals surface area contributed by atoms with Gasteiger partial charge in [-0.15, -0.1) is 0 Å². The number of aliphatic carboxylic acids is 1. The Balaban J connectivity index is 1.96. The van der Waals surface area contributed by atoms with E-state index in [0.29, 0.717) is 12.0 Å². The van der Waals surface area contributed by atoms with Gasteiger partial charge in [0.1, 0.15) is 17.9 Å². The van der Waals surface area contributed by atoms with E-state index < -0.39 is 11.9 Å². The van der Waals surface area contributed by atoms with Gasteiger partial charge in [0.15, 0.2) is 0 Å². The van der Waals surface area contributed by atoms with Crippen molar-refractivity contribution in [3.8, 4) is 5.75 Å². The molecule has 1 heterocycles. The van der Waals surface area contributed by atoms with Gasteiger partial charge in [-0.3, -0.25) is 4.79 Å². The van der Waals surface area contributed by atoms with Gasteiger partial charge in [0.25, 0.3) is 0 Å². The third kappa shape index (κ3) is 3.15. The van der Waals surface area contributed by atoms with Gasteiger partial charge in [-0.05, 0) is 56.1 Å². The smallest absolute Gasteiger partial charge is 0.342 e. The second kappa shape index (κ2) is 6.90. The van der Waals surface area contributed by atoms with Crippen molar-refractivity contribution in [3.63, 3.8) is 0 Å². The number of phenolic OH excluding ortho intramolecular Hbond substituents is 1. The Hall–Kier alpha value is -2.30. The van der Waals surface area contributed by atoms with Crippen LogP contribution in [0.15, 0.2) is 11.6 Å². The Labute approximate surface area is 147 Å². The van der Waals surface area contributed by atoms with Gasteiger partial charge in [0.2, 0.25) is 0 Å². The van der Waals surface area contributed by atoms with Crippen LogP contribution in [0.2, 0.25) is 0 Å². The SMILES string of the molecule is CCc1c(C)c2c(c(O)c1C/C=C1\CCCC1CC(=O)O)C(=O)OC2. The van der Waals surface area contributed by atoms with E-state index in [9.17, 15) is 14.7 Å². The maximum absolute atomic E-state index is 12.0. The number of esters is 1. The molecule has 1 unspecified atom stereocenters. The fourth-order valence-electron chi connectivity index (χ4n) is 4.23. The summed E-state index contributed by atoms with van der Waals surface area (Å²) in [5.41, 5.74) is 5.09. The molecule has 134 valence electrons. The second-order valence-electron chi connectivity index (χ2n) is 6.88. The van der Waals surface area contributed by atoms with E-state index >= 15 is 0 Å². The molecular formula is C20H24O5. The Kier molecular flexibility index (Phi) is 4.84. The van der Waals surface area contributed by atoms with Crippen LogP contribution in [0.25, 0.3) is 0 Å². The maximum atomic E-state index is 12.0. The first-order valence-electron chi connectivity index (χ1n) is 8.88. The predicted molar refractivity (Wildman–Crippen MR) is 92.7 cm³/mol. The zero-order valence-electron chi connectivity index (χ0n) is 14.7. The van der Waals surface area contributed by atoms with Crippen molar-refractivity contribution < 1.29 is 24.5 Å². The molecule has 1 fully saturated rings. The standard InChI is InChI=1S/C20H24O5/c1-3-14-11(2)16-10-25-20(24)18(16)19(23)15(14)8-7-12-5-4-6-13(12)9-17(21)22/h7,13,23H,3-6,8-10H2,1-2H3,(H,21,22)/b12-7+. The van der Waals surface area contributed by atoms with E-state index in [2.05, 4.69) is 6.08 Å². The largest absolute Gasteiger partial charge is 0.507 e. The molecule has 1 saturated carbocycles. The average molecular weight is 344 g/mol. The first-order valence-corrected chi connectivity index (χ1v) is 8.88. The van der Waals surface area contributed by atoms with Crippen molar-refractivity contribution in [3.05, 3.63) is 39.5 Å². The fraction of sp³-hybridized carbons (Fsp3) is 0.500. The molecule has 0 saturated heterocycles. The van der Waals surface area contributed by atoms with Crippen LogP contribution < -0.4 is 0 Å². The maximum Gasteiger partial charge on any atom is 0.342 e. The summed E-state index contributed by atoms with van der Waals surface area (Å²) in [5, 5.41) is 19.7. The number of carbonyl (C=O) groups is 2. The molecule has 0 amide bonds. The minimum atomic E-state index is -0.772. The van der Waals surface area contributed by atoms with Crippen LogP contribution in [-0.2, 0) is 29.0 Å². The number of hydrogen-bond acceptors (Lipinski definition) is 4. The highest BCUT2D eigenvalue weighted by Crippen LogP contribution is 2.39. The number of hydrogen-bond donors (Lipinski definition) is 2. The highest BCUT2D eigenvalue weighted by molar-refractivity contribution is 5.97. The second-order valence-corrected chi connectivity index (χ2v) is 6.88. The Morgan fingerprint density at radius 1 is 1.36 bits per heavy atom. The monoisotopic (exact) mass is 344 g/mol. The number of aromatic hydroxyl groups is 1. The minimum Gasteiger partial charge on any atom is -0.507 e. The topological polar surface area (TPSA) is 83.8 Å². The summed E-state index contributed by atoms with van der Waals surface area (Å²) in [6.45, 7) is 4.23. The molecule has 5 heteroatoms. The van der Waals surface area contributed by atoms with Crippen molar-refractivity contribution in [2.45, 2.75) is 59.0 Å². The number of fused-ring (bicyclic) bond motifs is 1. The molecular weight excluding hydrogens is 320 g/mol. The van der Waals surface area contributed by atoms with E-state index in [1.54, 1.807) is 0 Å². The van der Waals surface area contributed by atoms with Crippen LogP contribution in [0.3, 0.4) is 0 Å². The summed E-state index contributed by atoms with van der Waals surface area (Å²) in [7, 11) is 0. The number of phenols is 1. The minimum absolute atomic E-state index is 0.0320. The lowest BCUT2D eigenvalue weighted by molar-refractivity contribution is -0.137. The number of benzene rings is 1. The zero-order chi connectivity index (χ0) is 18.1. The average Bonchev–Trinajstić information content (AvgIpc) is 3.15. The fourth-order valence-corrected chi connectivity index (χ4v) is 4.23. The van der Waals surface area contributed by atoms with E-state index in [-0.39, 0.29) is 24.7 Å². The van der Waals surface area contributed by atoms with Crippen molar-refractivity contribution >= 4 is 11.9 Å². The van der Waals surface area contributed by atoms with Gasteiger partial charge in [0, 0.05) is 11.1 Å². The van der Waals surface area contributed by atoms with Crippen molar-refractivity contribution in [1.82, 2.24) is 0 Å². The van der Waals surface area contributed by atoms with Gasteiger partial charge in [-0.25, -0.2) is 4.79 Å². The van der Waals surface area contributed by atoms with Crippen LogP contribution in [0, 0.1) is 12.8 Å². The lowest BCUT2D eigenvalue weighted by Gasteiger charge is -2.16. The quantitative estimate of drug-likeness (QED) is 0.629. The molecule has 5 nitrogen and oxygen atoms in total. The molecule has 0 spiro atoms. The number of carbonyl (C=O) groups excluding carboxylic acids is 1. The van der Waals surface area contributed by atoms with Crippen LogP contribution in [0.5, 0.6) is 5.75 Å². The summed E-state index contributed by atoms with van der Waals surface area (Å²) in [6.07, 6.45) is 6.31. The predicted octanol–water partition coefficient (Wildman–Crippen LogP) is 3.68. The van der Waals surface area contributed by atoms with Gasteiger partial charge in [-0.2, -0.15) is 0 Å². The van der Waals surface area contributed by atoms with E-state index in [1.165, 1.54) is 0 Å². The van der Waals surface area contributed by atoms with Crippen molar-refractivity contribution in [2.24, 2.45) is 5.92 Å². The molecule has 2 N–H and O–H groups in total. The number of ether oxygens (including phenoxy) is 1. The first-order chi connectivity index (χ1) is 11.9. The summed E-state index contributed by atoms with van der Waals surface area (Å²) < 4.78 is 5.10. The molecule has 1 aliphatic carbocycles. The van der Waals surface area contributed by atoms with Crippen LogP contribution in [-0.4, -0.2) is 22.2 Å². The number of carboxylic acid groups (broad SMARTS) is 1. The highest BCUT2D eigenvalue weighted by atomic mass is 16.5. The molecule has 2 aliphatic rings. The first kappa shape index (κ1) is 17.5. The Morgan fingerprint density at radius 2 is 2.12 bits per heavy atom. The highest BCUT2D eigenvalue weighted by Gasteiger charge is 2.31. The Morgan fingerprint density at radius 3 is 2.80 bits per heavy atom. The Bertz CT molecular complexity index is 760. The molecule has 25 heavy (non-hydrogen) atoms. The summed E-state index contributed by atoms with van der Waals surface area (Å²) >= 11 is 0. The van der Waals surface area contributed by atoms with Gasteiger partial charge in [0.05, 0.1) is 6.42 Å². The summed E-state index contributed by atoms with van der Waals surface area (Å²) in [6, 6.07) is 0. The number of carboxylic acids is 1. The van der Waals surface area contributed by atoms with E-state index in [0.717, 1.165) is 53.5 Å². The normalized spacial score (nSPS) is 20.8. The zero-order valence-corrected chi connectivity index (χ0v) is 14.7. The van der Waals surface area contributed by atoms with Crippen LogP contribution in [0.4, 0.5) is 0 Å². The third-order valence-corrected chi connectivity index (χ3v) is 5.53. The van der Waals surface area contributed by atoms with E-state index in [1.807, 2.05) is 13.8 Å². The molecule has 1 aliphatic heterocycles. The summed E-state index contributed by atoms with van der Waals surface area (Å²) in [5.74, 6) is -1.11.